The average Bonchev–Trinajstić information content (AvgIpc) is 1.98. The Morgan fingerprint density at radius 1 is 1.27 bits per heavy atom. The number of hydrogen-bond donors (Lipinski definition) is 2. The Bertz CT molecular complexity index is 250. The molecule has 0 aromatic heterocycles. The van der Waals surface area contributed by atoms with E-state index in [1.165, 1.54) is 7.11 Å². The van der Waals surface area contributed by atoms with Gasteiger partial charge in [0.2, 0.25) is 0 Å². The van der Waals surface area contributed by atoms with Crippen LogP contribution in [0, 0.1) is 0 Å². The summed E-state index contributed by atoms with van der Waals surface area (Å²) >= 11 is 0. The first kappa shape index (κ1) is 7.68. The summed E-state index contributed by atoms with van der Waals surface area (Å²) in [5.74, 6) is 0.438. The summed E-state index contributed by atoms with van der Waals surface area (Å²) in [6.07, 6.45) is 0. The molecule has 1 aromatic carbocycles. The van der Waals surface area contributed by atoms with Gasteiger partial charge in [-0.15, -0.1) is 0 Å². The lowest BCUT2D eigenvalue weighted by atomic mass is 10.3. The van der Waals surface area contributed by atoms with E-state index < -0.39 is 0 Å². The van der Waals surface area contributed by atoms with Crippen molar-refractivity contribution in [1.29, 1.82) is 0 Å². The standard InChI is InChI=1S/C7H10N2O2/c1-10-11-7-4-5(8)2-3-6(7)9/h2-4H,8-9H2,1H3. The zero-order valence-electron chi connectivity index (χ0n) is 6.20. The van der Waals surface area contributed by atoms with Crippen LogP contribution in [0.5, 0.6) is 5.75 Å². The van der Waals surface area contributed by atoms with Gasteiger partial charge in [0.25, 0.3) is 0 Å². The van der Waals surface area contributed by atoms with Gasteiger partial charge in [-0.25, -0.2) is 0 Å². The van der Waals surface area contributed by atoms with E-state index in [-0.39, 0.29) is 0 Å². The minimum atomic E-state index is 0.438. The maximum atomic E-state index is 5.51. The normalized spacial score (nSPS) is 9.55. The van der Waals surface area contributed by atoms with Gasteiger partial charge >= 0.3 is 0 Å². The summed E-state index contributed by atoms with van der Waals surface area (Å²) in [4.78, 5) is 9.14. The van der Waals surface area contributed by atoms with Crippen LogP contribution in [-0.2, 0) is 4.89 Å². The van der Waals surface area contributed by atoms with E-state index in [2.05, 4.69) is 4.89 Å². The zero-order valence-corrected chi connectivity index (χ0v) is 6.20. The van der Waals surface area contributed by atoms with Crippen LogP contribution < -0.4 is 16.4 Å². The van der Waals surface area contributed by atoms with Crippen LogP contribution in [-0.4, -0.2) is 7.11 Å². The molecule has 0 saturated carbocycles. The molecule has 0 radical (unpaired) electrons. The molecule has 4 N–H and O–H groups in total. The van der Waals surface area contributed by atoms with Crippen LogP contribution in [0.3, 0.4) is 0 Å². The van der Waals surface area contributed by atoms with Gasteiger partial charge in [-0.1, -0.05) is 0 Å². The van der Waals surface area contributed by atoms with Crippen molar-refractivity contribution in [2.24, 2.45) is 0 Å². The molecule has 0 atom stereocenters. The molecular formula is C7H10N2O2. The van der Waals surface area contributed by atoms with Gasteiger partial charge in [-0.3, -0.25) is 0 Å². The van der Waals surface area contributed by atoms with Crippen molar-refractivity contribution in [3.8, 4) is 5.75 Å². The Morgan fingerprint density at radius 3 is 2.64 bits per heavy atom. The average molecular weight is 154 g/mol. The van der Waals surface area contributed by atoms with Gasteiger partial charge in [0.1, 0.15) is 0 Å². The minimum absolute atomic E-state index is 0.438. The maximum absolute atomic E-state index is 5.51. The molecule has 60 valence electrons. The number of hydrogen-bond acceptors (Lipinski definition) is 4. The monoisotopic (exact) mass is 154 g/mol. The van der Waals surface area contributed by atoms with E-state index in [0.717, 1.165) is 0 Å². The van der Waals surface area contributed by atoms with Gasteiger partial charge < -0.3 is 16.4 Å². The summed E-state index contributed by atoms with van der Waals surface area (Å²) in [7, 11) is 1.41. The van der Waals surface area contributed by atoms with Crippen LogP contribution in [0.25, 0.3) is 0 Å². The zero-order chi connectivity index (χ0) is 8.27. The van der Waals surface area contributed by atoms with E-state index in [4.69, 9.17) is 16.4 Å². The molecule has 0 aliphatic carbocycles. The highest BCUT2D eigenvalue weighted by atomic mass is 17.2. The molecule has 0 unspecified atom stereocenters. The number of nitrogens with two attached hydrogens (primary N) is 2. The summed E-state index contributed by atoms with van der Waals surface area (Å²) in [6.45, 7) is 0. The number of anilines is 2. The smallest absolute Gasteiger partial charge is 0.190 e. The molecule has 0 bridgehead atoms. The molecule has 1 aromatic rings. The molecular weight excluding hydrogens is 144 g/mol. The first-order valence-corrected chi connectivity index (χ1v) is 3.09. The third-order valence-corrected chi connectivity index (χ3v) is 1.21. The third kappa shape index (κ3) is 1.75. The van der Waals surface area contributed by atoms with Crippen molar-refractivity contribution in [2.45, 2.75) is 0 Å². The molecule has 0 aliphatic heterocycles. The summed E-state index contributed by atoms with van der Waals surface area (Å²) in [5, 5.41) is 0. The van der Waals surface area contributed by atoms with Crippen molar-refractivity contribution in [3.05, 3.63) is 18.2 Å². The van der Waals surface area contributed by atoms with E-state index in [9.17, 15) is 0 Å². The van der Waals surface area contributed by atoms with Crippen LogP contribution >= 0.6 is 0 Å². The molecule has 0 heterocycles. The fourth-order valence-electron chi connectivity index (χ4n) is 0.713. The molecule has 0 aliphatic rings. The Morgan fingerprint density at radius 2 is 2.00 bits per heavy atom. The topological polar surface area (TPSA) is 70.5 Å². The molecule has 0 spiro atoms. The summed E-state index contributed by atoms with van der Waals surface area (Å²) in [5.41, 5.74) is 12.1. The van der Waals surface area contributed by atoms with Crippen molar-refractivity contribution in [3.63, 3.8) is 0 Å². The van der Waals surface area contributed by atoms with Crippen molar-refractivity contribution < 1.29 is 9.78 Å². The van der Waals surface area contributed by atoms with Crippen LogP contribution in [0.15, 0.2) is 18.2 Å². The first-order chi connectivity index (χ1) is 5.24. The van der Waals surface area contributed by atoms with Crippen molar-refractivity contribution in [1.82, 2.24) is 0 Å². The van der Waals surface area contributed by atoms with Crippen molar-refractivity contribution >= 4 is 11.4 Å². The summed E-state index contributed by atoms with van der Waals surface area (Å²) < 4.78 is 0. The highest BCUT2D eigenvalue weighted by Crippen LogP contribution is 2.23. The Kier molecular flexibility index (Phi) is 2.18. The first-order valence-electron chi connectivity index (χ1n) is 3.09. The Labute approximate surface area is 64.6 Å². The fourth-order valence-corrected chi connectivity index (χ4v) is 0.713. The Hall–Kier alpha value is -1.42. The molecule has 1 rings (SSSR count). The molecule has 0 fully saturated rings. The predicted molar refractivity (Wildman–Crippen MR) is 42.9 cm³/mol. The van der Waals surface area contributed by atoms with E-state index in [1.54, 1.807) is 18.2 Å². The van der Waals surface area contributed by atoms with E-state index >= 15 is 0 Å². The van der Waals surface area contributed by atoms with Gasteiger partial charge in [0.15, 0.2) is 5.75 Å². The van der Waals surface area contributed by atoms with Gasteiger partial charge in [0.05, 0.1) is 12.8 Å². The minimum Gasteiger partial charge on any atom is -0.399 e. The van der Waals surface area contributed by atoms with Crippen LogP contribution in [0.2, 0.25) is 0 Å². The lowest BCUT2D eigenvalue weighted by Crippen LogP contribution is -1.97. The largest absolute Gasteiger partial charge is 0.399 e. The highest BCUT2D eigenvalue weighted by molar-refractivity contribution is 5.59. The number of benzene rings is 1. The maximum Gasteiger partial charge on any atom is 0.190 e. The van der Waals surface area contributed by atoms with E-state index in [1.807, 2.05) is 0 Å². The molecule has 0 amide bonds. The third-order valence-electron chi connectivity index (χ3n) is 1.21. The van der Waals surface area contributed by atoms with Gasteiger partial charge in [0, 0.05) is 11.8 Å². The molecule has 11 heavy (non-hydrogen) atoms. The van der Waals surface area contributed by atoms with Gasteiger partial charge in [-0.2, -0.15) is 4.89 Å². The summed E-state index contributed by atoms with van der Waals surface area (Å²) in [6, 6.07) is 4.94. The second kappa shape index (κ2) is 3.12. The SMILES string of the molecule is COOc1cc(N)ccc1N. The molecule has 4 nitrogen and oxygen atoms in total. The lowest BCUT2D eigenvalue weighted by molar-refractivity contribution is -0.177. The second-order valence-electron chi connectivity index (χ2n) is 2.05. The van der Waals surface area contributed by atoms with Crippen molar-refractivity contribution in [2.75, 3.05) is 18.6 Å². The van der Waals surface area contributed by atoms with Crippen LogP contribution in [0.1, 0.15) is 0 Å². The van der Waals surface area contributed by atoms with Gasteiger partial charge in [-0.05, 0) is 12.1 Å². The quantitative estimate of drug-likeness (QED) is 0.375. The predicted octanol–water partition coefficient (Wildman–Crippen LogP) is 0.791. The van der Waals surface area contributed by atoms with E-state index in [0.29, 0.717) is 17.1 Å². The number of nitrogen functional groups attached to an aromatic ring is 2. The highest BCUT2D eigenvalue weighted by Gasteiger charge is 1.99. The Balaban J connectivity index is 2.93. The molecule has 0 saturated heterocycles. The second-order valence-corrected chi connectivity index (χ2v) is 2.05. The molecule has 4 heteroatoms. The lowest BCUT2D eigenvalue weighted by Gasteiger charge is -2.04. The number of rotatable bonds is 2. The van der Waals surface area contributed by atoms with Crippen LogP contribution in [0.4, 0.5) is 11.4 Å². The fraction of sp³-hybridized carbons (Fsp3) is 0.143.